The second kappa shape index (κ2) is 11.3. The fourth-order valence-electron chi connectivity index (χ4n) is 4.40. The highest BCUT2D eigenvalue weighted by Crippen LogP contribution is 2.23. The van der Waals surface area contributed by atoms with Crippen LogP contribution in [-0.2, 0) is 31.9 Å². The number of ether oxygens (including phenoxy) is 2. The van der Waals surface area contributed by atoms with Gasteiger partial charge in [0, 0.05) is 36.4 Å². The molecule has 0 radical (unpaired) electrons. The van der Waals surface area contributed by atoms with Crippen LogP contribution in [0.4, 0.5) is 11.4 Å². The molecule has 1 heterocycles. The number of aryl methyl sites for hydroxylation is 2. The van der Waals surface area contributed by atoms with E-state index < -0.39 is 18.0 Å². The quantitative estimate of drug-likeness (QED) is 0.471. The molecule has 0 spiro atoms. The van der Waals surface area contributed by atoms with E-state index >= 15 is 0 Å². The number of Topliss-reactive ketones (excluding diaryl/α,β-unsaturated/α-hetero) is 1. The Balaban J connectivity index is 1.22. The molecular formula is C27H32N2O5. The molecule has 1 atom stereocenters. The lowest BCUT2D eigenvalue weighted by atomic mass is 9.89. The highest BCUT2D eigenvalue weighted by molar-refractivity contribution is 5.98. The number of carbonyl (C=O) groups is 3. The average Bonchev–Trinajstić information content (AvgIpc) is 2.88. The molecule has 1 unspecified atom stereocenters. The summed E-state index contributed by atoms with van der Waals surface area (Å²) in [6, 6.07) is 13.4. The fraction of sp³-hybridized carbons (Fsp3) is 0.444. The van der Waals surface area contributed by atoms with Gasteiger partial charge in [-0.15, -0.1) is 0 Å². The van der Waals surface area contributed by atoms with Crippen LogP contribution in [-0.4, -0.2) is 50.1 Å². The lowest BCUT2D eigenvalue weighted by Crippen LogP contribution is -2.36. The molecule has 2 aliphatic rings. The Morgan fingerprint density at radius 3 is 2.41 bits per heavy atom. The molecule has 1 aliphatic carbocycles. The standard InChI is InChI=1S/C27H32N2O5/c1-19(27(32)28-23-8-10-24(11-9-23)29-14-16-33-17-15-29)34-26(31)13-12-25(30)22-7-6-20-4-2-3-5-21(20)18-22/h6-11,18-19H,2-5,12-17H2,1H3,(H,28,32). The molecule has 7 heteroatoms. The van der Waals surface area contributed by atoms with Crippen molar-refractivity contribution in [1.82, 2.24) is 0 Å². The van der Waals surface area contributed by atoms with Gasteiger partial charge in [-0.25, -0.2) is 0 Å². The molecule has 1 N–H and O–H groups in total. The maximum absolute atomic E-state index is 12.5. The predicted octanol–water partition coefficient (Wildman–Crippen LogP) is 3.94. The van der Waals surface area contributed by atoms with Crippen molar-refractivity contribution < 1.29 is 23.9 Å². The predicted molar refractivity (Wildman–Crippen MR) is 130 cm³/mol. The number of esters is 1. The number of benzene rings is 2. The highest BCUT2D eigenvalue weighted by atomic mass is 16.5. The van der Waals surface area contributed by atoms with E-state index in [1.807, 2.05) is 42.5 Å². The highest BCUT2D eigenvalue weighted by Gasteiger charge is 2.20. The van der Waals surface area contributed by atoms with E-state index in [1.54, 1.807) is 0 Å². The van der Waals surface area contributed by atoms with Crippen LogP contribution in [0.25, 0.3) is 0 Å². The molecule has 2 aromatic rings. The van der Waals surface area contributed by atoms with E-state index in [2.05, 4.69) is 10.2 Å². The van der Waals surface area contributed by atoms with Crippen molar-refractivity contribution in [2.75, 3.05) is 36.5 Å². The molecule has 1 aliphatic heterocycles. The van der Waals surface area contributed by atoms with Gasteiger partial charge in [0.2, 0.25) is 0 Å². The molecule has 1 fully saturated rings. The Kier molecular flexibility index (Phi) is 7.95. The summed E-state index contributed by atoms with van der Waals surface area (Å²) in [6.45, 7) is 4.63. The number of ketones is 1. The van der Waals surface area contributed by atoms with E-state index in [-0.39, 0.29) is 18.6 Å². The number of nitrogens with one attached hydrogen (secondary N) is 1. The topological polar surface area (TPSA) is 84.9 Å². The van der Waals surface area contributed by atoms with Crippen molar-refractivity contribution in [3.63, 3.8) is 0 Å². The van der Waals surface area contributed by atoms with Gasteiger partial charge in [0.05, 0.1) is 19.6 Å². The smallest absolute Gasteiger partial charge is 0.307 e. The minimum Gasteiger partial charge on any atom is -0.453 e. The van der Waals surface area contributed by atoms with Crippen molar-refractivity contribution in [3.8, 4) is 0 Å². The second-order valence-electron chi connectivity index (χ2n) is 8.88. The fourth-order valence-corrected chi connectivity index (χ4v) is 4.40. The summed E-state index contributed by atoms with van der Waals surface area (Å²) < 4.78 is 10.6. The third-order valence-electron chi connectivity index (χ3n) is 6.42. The largest absolute Gasteiger partial charge is 0.453 e. The van der Waals surface area contributed by atoms with E-state index in [4.69, 9.17) is 9.47 Å². The first-order chi connectivity index (χ1) is 16.5. The van der Waals surface area contributed by atoms with Crippen LogP contribution in [0.15, 0.2) is 42.5 Å². The van der Waals surface area contributed by atoms with Crippen LogP contribution in [0.3, 0.4) is 0 Å². The van der Waals surface area contributed by atoms with Crippen LogP contribution in [0.2, 0.25) is 0 Å². The van der Waals surface area contributed by atoms with Crippen LogP contribution in [0, 0.1) is 0 Å². The summed E-state index contributed by atoms with van der Waals surface area (Å²) in [5.41, 5.74) is 4.90. The number of morpholine rings is 1. The number of rotatable bonds is 8. The summed E-state index contributed by atoms with van der Waals surface area (Å²) in [6.07, 6.45) is 3.46. The zero-order valence-corrected chi connectivity index (χ0v) is 19.7. The maximum atomic E-state index is 12.5. The summed E-state index contributed by atoms with van der Waals surface area (Å²) in [7, 11) is 0. The van der Waals surface area contributed by atoms with Crippen molar-refractivity contribution >= 4 is 29.0 Å². The molecule has 1 saturated heterocycles. The average molecular weight is 465 g/mol. The summed E-state index contributed by atoms with van der Waals surface area (Å²) >= 11 is 0. The number of hydrogen-bond acceptors (Lipinski definition) is 6. The molecule has 1 amide bonds. The zero-order valence-electron chi connectivity index (χ0n) is 19.7. The molecule has 0 bridgehead atoms. The van der Waals surface area contributed by atoms with Crippen LogP contribution < -0.4 is 10.2 Å². The SMILES string of the molecule is CC(OC(=O)CCC(=O)c1ccc2c(c1)CCCC2)C(=O)Nc1ccc(N2CCOCC2)cc1. The van der Waals surface area contributed by atoms with Gasteiger partial charge in [0.25, 0.3) is 5.91 Å². The first kappa shape index (κ1) is 24.0. The molecule has 2 aromatic carbocycles. The number of amides is 1. The van der Waals surface area contributed by atoms with E-state index in [9.17, 15) is 14.4 Å². The maximum Gasteiger partial charge on any atom is 0.307 e. The van der Waals surface area contributed by atoms with Gasteiger partial charge in [-0.1, -0.05) is 12.1 Å². The van der Waals surface area contributed by atoms with Gasteiger partial charge < -0.3 is 19.7 Å². The lowest BCUT2D eigenvalue weighted by molar-refractivity contribution is -0.153. The van der Waals surface area contributed by atoms with Crippen molar-refractivity contribution in [1.29, 1.82) is 0 Å². The summed E-state index contributed by atoms with van der Waals surface area (Å²) in [4.78, 5) is 39.4. The minimum atomic E-state index is -0.953. The molecule has 4 rings (SSSR count). The number of fused-ring (bicyclic) bond motifs is 1. The van der Waals surface area contributed by atoms with Gasteiger partial charge in [0.1, 0.15) is 0 Å². The minimum absolute atomic E-state index is 0.0538. The van der Waals surface area contributed by atoms with Crippen LogP contribution in [0.1, 0.15) is 54.1 Å². The van der Waals surface area contributed by atoms with Gasteiger partial charge >= 0.3 is 5.97 Å². The van der Waals surface area contributed by atoms with E-state index in [0.717, 1.165) is 38.0 Å². The summed E-state index contributed by atoms with van der Waals surface area (Å²) in [5, 5.41) is 2.77. The Morgan fingerprint density at radius 1 is 0.971 bits per heavy atom. The molecular weight excluding hydrogens is 432 g/mol. The normalized spacial score (nSPS) is 16.3. The molecule has 34 heavy (non-hydrogen) atoms. The third-order valence-corrected chi connectivity index (χ3v) is 6.42. The number of anilines is 2. The summed E-state index contributed by atoms with van der Waals surface area (Å²) in [5.74, 6) is -1.05. The lowest BCUT2D eigenvalue weighted by Gasteiger charge is -2.28. The van der Waals surface area contributed by atoms with Gasteiger partial charge in [0.15, 0.2) is 11.9 Å². The monoisotopic (exact) mass is 464 g/mol. The van der Waals surface area contributed by atoms with Crippen molar-refractivity contribution in [2.24, 2.45) is 0 Å². The molecule has 180 valence electrons. The number of nitrogens with zero attached hydrogens (tertiary/aromatic N) is 1. The van der Waals surface area contributed by atoms with Crippen molar-refractivity contribution in [3.05, 3.63) is 59.2 Å². The van der Waals surface area contributed by atoms with Crippen LogP contribution in [0.5, 0.6) is 0 Å². The first-order valence-corrected chi connectivity index (χ1v) is 12.1. The van der Waals surface area contributed by atoms with E-state index in [1.165, 1.54) is 24.5 Å². The van der Waals surface area contributed by atoms with E-state index in [0.29, 0.717) is 24.5 Å². The Morgan fingerprint density at radius 2 is 1.68 bits per heavy atom. The van der Waals surface area contributed by atoms with Crippen molar-refractivity contribution in [2.45, 2.75) is 51.6 Å². The molecule has 0 aromatic heterocycles. The Labute approximate surface area is 200 Å². The van der Waals surface area contributed by atoms with Crippen LogP contribution >= 0.6 is 0 Å². The molecule has 7 nitrogen and oxygen atoms in total. The first-order valence-electron chi connectivity index (χ1n) is 12.1. The van der Waals surface area contributed by atoms with Gasteiger partial charge in [-0.3, -0.25) is 14.4 Å². The Hall–Kier alpha value is -3.19. The number of carbonyl (C=O) groups excluding carboxylic acids is 3. The third kappa shape index (κ3) is 6.23. The Bertz CT molecular complexity index is 1030. The molecule has 0 saturated carbocycles. The number of hydrogen-bond donors (Lipinski definition) is 1. The van der Waals surface area contributed by atoms with Gasteiger partial charge in [-0.05, 0) is 74.1 Å². The zero-order chi connectivity index (χ0) is 23.9. The second-order valence-corrected chi connectivity index (χ2v) is 8.88. The van der Waals surface area contributed by atoms with Gasteiger partial charge in [-0.2, -0.15) is 0 Å².